The van der Waals surface area contributed by atoms with Gasteiger partial charge in [0.2, 0.25) is 0 Å². The van der Waals surface area contributed by atoms with Crippen molar-refractivity contribution in [1.29, 1.82) is 0 Å². The highest BCUT2D eigenvalue weighted by Crippen LogP contribution is 2.44. The zero-order chi connectivity index (χ0) is 59.7. The Morgan fingerprint density at radius 2 is 0.417 bits per heavy atom. The number of H-pyrrole nitrogens is 4. The van der Waals surface area contributed by atoms with Gasteiger partial charge in [0, 0.05) is 44.1 Å². The molecule has 4 aliphatic rings. The van der Waals surface area contributed by atoms with Crippen molar-refractivity contribution >= 4 is 88.7 Å². The van der Waals surface area contributed by atoms with Crippen molar-refractivity contribution in [2.24, 2.45) is 0 Å². The van der Waals surface area contributed by atoms with E-state index in [1.54, 1.807) is 0 Å². The van der Waals surface area contributed by atoms with Gasteiger partial charge in [-0.1, -0.05) is 111 Å². The lowest BCUT2D eigenvalue weighted by Crippen LogP contribution is -1.96. The van der Waals surface area contributed by atoms with Gasteiger partial charge in [-0.2, -0.15) is 0 Å². The standard InChI is InChI=1S/C76H90N8/c1-17-43-47(21-5)65-39-69-51(25-9)55(29-13)73(81-69)59(74-56(30-14)52(26-10)70(82-74)40-66-48(22-6)44(18-2)62(78-66)37-61(43)77-65)35-33-34-36-60-75-57(31-15)53(27-11)71(83-75)41-67-49(23-7)45(19-3)63(79-67)38-64-46(20-4)50(24-8)68(80-64)42-72-54(28-12)58(32-16)76(60)84-72/h37-42,77-80H,17-32H2,1-16H3. The van der Waals surface area contributed by atoms with E-state index in [0.29, 0.717) is 0 Å². The summed E-state index contributed by atoms with van der Waals surface area (Å²) >= 11 is 0. The van der Waals surface area contributed by atoms with Crippen molar-refractivity contribution in [2.45, 2.75) is 214 Å². The van der Waals surface area contributed by atoms with Crippen LogP contribution in [0.1, 0.15) is 263 Å². The number of hydrogen-bond acceptors (Lipinski definition) is 4. The number of nitrogens with zero attached hydrogens (tertiary/aromatic N) is 4. The zero-order valence-electron chi connectivity index (χ0n) is 53.6. The second-order valence-electron chi connectivity index (χ2n) is 22.6. The largest absolute Gasteiger partial charge is 0.355 e. The van der Waals surface area contributed by atoms with Crippen LogP contribution in [0.25, 0.3) is 88.7 Å². The van der Waals surface area contributed by atoms with Crippen LogP contribution in [0.4, 0.5) is 0 Å². The summed E-state index contributed by atoms with van der Waals surface area (Å²) in [5, 5.41) is 0. The second-order valence-corrected chi connectivity index (χ2v) is 22.6. The third-order valence-corrected chi connectivity index (χ3v) is 18.6. The van der Waals surface area contributed by atoms with Gasteiger partial charge in [-0.25, -0.2) is 19.9 Å². The fourth-order valence-electron chi connectivity index (χ4n) is 14.8. The van der Waals surface area contributed by atoms with Crippen molar-refractivity contribution in [2.75, 3.05) is 0 Å². The lowest BCUT2D eigenvalue weighted by Gasteiger charge is -2.08. The van der Waals surface area contributed by atoms with Crippen molar-refractivity contribution in [1.82, 2.24) is 39.9 Å². The van der Waals surface area contributed by atoms with E-state index in [2.05, 4.69) is 191 Å². The minimum atomic E-state index is 0.805. The summed E-state index contributed by atoms with van der Waals surface area (Å²) in [5.74, 6) is 14.6. The predicted molar refractivity (Wildman–Crippen MR) is 360 cm³/mol. The molecule has 8 heteroatoms. The topological polar surface area (TPSA) is 115 Å². The minimum Gasteiger partial charge on any atom is -0.355 e. The average Bonchev–Trinajstić information content (AvgIpc) is 2.85. The molecule has 4 N–H and O–H groups in total. The van der Waals surface area contributed by atoms with Gasteiger partial charge in [0.1, 0.15) is 0 Å². The normalized spacial score (nSPS) is 13.4. The first-order valence-electron chi connectivity index (χ1n) is 32.5. The average molecular weight is 1120 g/mol. The lowest BCUT2D eigenvalue weighted by atomic mass is 9.93. The zero-order valence-corrected chi connectivity index (χ0v) is 53.6. The van der Waals surface area contributed by atoms with Gasteiger partial charge in [-0.05, 0) is 252 Å². The number of aryl methyl sites for hydroxylation is 8. The van der Waals surface area contributed by atoms with Crippen LogP contribution >= 0.6 is 0 Å². The number of hydrogen-bond donors (Lipinski definition) is 4. The maximum atomic E-state index is 5.70. The van der Waals surface area contributed by atoms with E-state index < -0.39 is 0 Å². The van der Waals surface area contributed by atoms with Crippen LogP contribution in [0.3, 0.4) is 0 Å². The van der Waals surface area contributed by atoms with Gasteiger partial charge >= 0.3 is 0 Å². The Balaban J connectivity index is 1.36. The summed E-state index contributed by atoms with van der Waals surface area (Å²) in [6.07, 6.45) is 13.9. The van der Waals surface area contributed by atoms with E-state index in [0.717, 1.165) is 181 Å². The fraction of sp³-hybridized carbons (Fsp3) is 0.421. The number of aromatic amines is 4. The SMILES string of the molecule is CCC1=C(CC)c2nc1cc1[nH]c(cc3[nH]c(cc4nc(c2C#CC#Cc2c5nc(cc6[nH]c(cc7[nH]c(cc8nc2C(CC)=C8CC)c(CC)c7CC)c(CC)c6CC)C(CC)=C5CC)C(CC)=C4CC)c(CC)c3CC)c(CC)c1CC. The molecule has 16 bridgehead atoms. The molecule has 0 spiro atoms. The van der Waals surface area contributed by atoms with E-state index >= 15 is 0 Å². The molecule has 8 nitrogen and oxygen atoms in total. The quantitative estimate of drug-likeness (QED) is 0.0723. The molecule has 6 aromatic heterocycles. The molecule has 0 radical (unpaired) electrons. The smallest absolute Gasteiger partial charge is 0.0851 e. The highest BCUT2D eigenvalue weighted by molar-refractivity contribution is 6.01. The summed E-state index contributed by atoms with van der Waals surface area (Å²) in [6, 6.07) is 14.0. The van der Waals surface area contributed by atoms with Crippen molar-refractivity contribution in [3.8, 4) is 23.7 Å². The number of fused-ring (bicyclic) bond motifs is 16. The molecular weight excluding hydrogens is 1020 g/mol. The van der Waals surface area contributed by atoms with Gasteiger partial charge in [-0.15, -0.1) is 0 Å². The molecule has 0 aliphatic carbocycles. The van der Waals surface area contributed by atoms with Gasteiger partial charge in [0.15, 0.2) is 0 Å². The predicted octanol–water partition coefficient (Wildman–Crippen LogP) is 19.8. The number of allylic oxidation sites excluding steroid dienone is 8. The maximum Gasteiger partial charge on any atom is 0.0851 e. The van der Waals surface area contributed by atoms with E-state index in [1.807, 2.05) is 0 Å². The van der Waals surface area contributed by atoms with Gasteiger partial charge in [0.25, 0.3) is 0 Å². The fourth-order valence-corrected chi connectivity index (χ4v) is 14.8. The summed E-state index contributed by atoms with van der Waals surface area (Å²) in [5.41, 5.74) is 39.2. The molecule has 0 saturated carbocycles. The number of nitrogens with one attached hydrogen (secondary N) is 4. The van der Waals surface area contributed by atoms with Crippen LogP contribution in [0, 0.1) is 23.7 Å². The van der Waals surface area contributed by atoms with Crippen molar-refractivity contribution < 1.29 is 0 Å². The molecule has 84 heavy (non-hydrogen) atoms. The summed E-state index contributed by atoms with van der Waals surface area (Å²) in [4.78, 5) is 38.6. The number of aromatic nitrogens is 8. The molecule has 4 aliphatic heterocycles. The molecule has 0 amide bonds. The first kappa shape index (κ1) is 59.5. The Morgan fingerprint density at radius 3 is 0.583 bits per heavy atom. The highest BCUT2D eigenvalue weighted by atomic mass is 14.8. The monoisotopic (exact) mass is 1110 g/mol. The Hall–Kier alpha value is -7.68. The van der Waals surface area contributed by atoms with Crippen LogP contribution < -0.4 is 0 Å². The van der Waals surface area contributed by atoms with Crippen LogP contribution in [0.15, 0.2) is 36.4 Å². The van der Waals surface area contributed by atoms with Gasteiger partial charge in [-0.3, -0.25) is 0 Å². The van der Waals surface area contributed by atoms with Crippen molar-refractivity contribution in [3.05, 3.63) is 138 Å². The van der Waals surface area contributed by atoms with Crippen LogP contribution in [0.5, 0.6) is 0 Å². The molecule has 6 aromatic rings. The minimum absolute atomic E-state index is 0.805. The maximum absolute atomic E-state index is 5.70. The van der Waals surface area contributed by atoms with Crippen molar-refractivity contribution in [3.63, 3.8) is 0 Å². The van der Waals surface area contributed by atoms with Crippen LogP contribution in [0.2, 0.25) is 0 Å². The molecule has 0 aromatic carbocycles. The lowest BCUT2D eigenvalue weighted by molar-refractivity contribution is 1.07. The summed E-state index contributed by atoms with van der Waals surface area (Å²) < 4.78 is 0. The first-order chi connectivity index (χ1) is 40.9. The Morgan fingerprint density at radius 1 is 0.238 bits per heavy atom. The summed E-state index contributed by atoms with van der Waals surface area (Å²) in [6.45, 7) is 36.3. The Bertz CT molecular complexity index is 3750. The molecule has 0 saturated heterocycles. The van der Waals surface area contributed by atoms with E-state index in [1.165, 1.54) is 111 Å². The van der Waals surface area contributed by atoms with E-state index in [-0.39, 0.29) is 0 Å². The molecule has 434 valence electrons. The molecule has 0 unspecified atom stereocenters. The molecule has 0 atom stereocenters. The molecular formula is C76H90N8. The summed E-state index contributed by atoms with van der Waals surface area (Å²) in [7, 11) is 0. The first-order valence-corrected chi connectivity index (χ1v) is 32.5. The Kier molecular flexibility index (Phi) is 17.9. The van der Waals surface area contributed by atoms with Crippen LogP contribution in [-0.4, -0.2) is 39.9 Å². The van der Waals surface area contributed by atoms with Crippen LogP contribution in [-0.2, 0) is 51.4 Å². The molecule has 10 rings (SSSR count). The number of rotatable bonds is 16. The molecule has 10 heterocycles. The van der Waals surface area contributed by atoms with E-state index in [9.17, 15) is 0 Å². The van der Waals surface area contributed by atoms with Gasteiger partial charge in [0.05, 0.1) is 56.7 Å². The van der Waals surface area contributed by atoms with E-state index in [4.69, 9.17) is 19.9 Å². The Labute approximate surface area is 500 Å². The third-order valence-electron chi connectivity index (χ3n) is 18.6. The molecule has 0 fully saturated rings. The second kappa shape index (κ2) is 25.3. The van der Waals surface area contributed by atoms with Gasteiger partial charge < -0.3 is 19.9 Å². The highest BCUT2D eigenvalue weighted by Gasteiger charge is 2.29. The third kappa shape index (κ3) is 10.1.